The molecule has 5 heteroatoms. The second kappa shape index (κ2) is 11.7. The standard InChI is InChI=1S/C27H29NO4/c1-2-8-23(22-9-4-3-5-10-22)27(31)28-24-11-6-7-12-25(24)32-19-21-15-13-20(14-16-21)17-18-26(29)30/h3-7,9-16,23H,2,8,17-19H2,1H3,(H,28,31)(H,29,30). The molecule has 0 aromatic heterocycles. The lowest BCUT2D eigenvalue weighted by molar-refractivity contribution is -0.137. The van der Waals surface area contributed by atoms with Crippen LogP contribution in [0.3, 0.4) is 0 Å². The number of carboxylic acid groups (broad SMARTS) is 1. The molecule has 1 atom stereocenters. The number of hydrogen-bond acceptors (Lipinski definition) is 3. The van der Waals surface area contributed by atoms with Gasteiger partial charge < -0.3 is 15.2 Å². The van der Waals surface area contributed by atoms with E-state index in [-0.39, 0.29) is 18.2 Å². The number of ether oxygens (including phenoxy) is 1. The number of anilines is 1. The first-order valence-electron chi connectivity index (χ1n) is 10.9. The quantitative estimate of drug-likeness (QED) is 0.402. The predicted molar refractivity (Wildman–Crippen MR) is 126 cm³/mol. The number of aryl methyl sites for hydroxylation is 1. The van der Waals surface area contributed by atoms with E-state index >= 15 is 0 Å². The number of carbonyl (C=O) groups is 2. The fraction of sp³-hybridized carbons (Fsp3) is 0.259. The second-order valence-electron chi connectivity index (χ2n) is 7.74. The highest BCUT2D eigenvalue weighted by molar-refractivity contribution is 5.97. The van der Waals surface area contributed by atoms with Crippen molar-refractivity contribution in [3.05, 3.63) is 95.6 Å². The first-order chi connectivity index (χ1) is 15.6. The van der Waals surface area contributed by atoms with Gasteiger partial charge in [0.1, 0.15) is 12.4 Å². The van der Waals surface area contributed by atoms with Crippen molar-refractivity contribution in [3.63, 3.8) is 0 Å². The summed E-state index contributed by atoms with van der Waals surface area (Å²) in [6, 6.07) is 25.0. The Morgan fingerprint density at radius 2 is 1.56 bits per heavy atom. The van der Waals surface area contributed by atoms with Crippen molar-refractivity contribution < 1.29 is 19.4 Å². The van der Waals surface area contributed by atoms with E-state index in [1.165, 1.54) is 0 Å². The fourth-order valence-electron chi connectivity index (χ4n) is 3.55. The summed E-state index contributed by atoms with van der Waals surface area (Å²) in [5.41, 5.74) is 3.60. The SMILES string of the molecule is CCCC(C(=O)Nc1ccccc1OCc1ccc(CCC(=O)O)cc1)c1ccccc1. The van der Waals surface area contributed by atoms with Crippen molar-refractivity contribution in [2.45, 2.75) is 45.1 Å². The summed E-state index contributed by atoms with van der Waals surface area (Å²) in [4.78, 5) is 23.8. The molecule has 0 radical (unpaired) electrons. The van der Waals surface area contributed by atoms with Gasteiger partial charge in [-0.25, -0.2) is 0 Å². The number of carbonyl (C=O) groups excluding carboxylic acids is 1. The van der Waals surface area contributed by atoms with Crippen molar-refractivity contribution in [1.29, 1.82) is 0 Å². The number of amides is 1. The van der Waals surface area contributed by atoms with E-state index in [0.717, 1.165) is 29.5 Å². The summed E-state index contributed by atoms with van der Waals surface area (Å²) < 4.78 is 6.00. The molecule has 5 nitrogen and oxygen atoms in total. The second-order valence-corrected chi connectivity index (χ2v) is 7.74. The van der Waals surface area contributed by atoms with Gasteiger partial charge in [0.15, 0.2) is 0 Å². The third-order valence-electron chi connectivity index (χ3n) is 5.29. The predicted octanol–water partition coefficient (Wildman–Crippen LogP) is 5.81. The summed E-state index contributed by atoms with van der Waals surface area (Å²) in [7, 11) is 0. The molecule has 0 saturated heterocycles. The number of aliphatic carboxylic acids is 1. The Kier molecular flexibility index (Phi) is 8.44. The van der Waals surface area contributed by atoms with Crippen molar-refractivity contribution in [1.82, 2.24) is 0 Å². The van der Waals surface area contributed by atoms with Crippen LogP contribution in [0, 0.1) is 0 Å². The van der Waals surface area contributed by atoms with Gasteiger partial charge in [-0.15, -0.1) is 0 Å². The summed E-state index contributed by atoms with van der Waals surface area (Å²) in [6.45, 7) is 2.43. The molecule has 0 spiro atoms. The minimum atomic E-state index is -0.801. The van der Waals surface area contributed by atoms with Gasteiger partial charge in [-0.1, -0.05) is 80.1 Å². The molecule has 166 valence electrons. The van der Waals surface area contributed by atoms with Crippen LogP contribution in [0.2, 0.25) is 0 Å². The first kappa shape index (κ1) is 23.1. The lowest BCUT2D eigenvalue weighted by Gasteiger charge is -2.18. The number of benzene rings is 3. The van der Waals surface area contributed by atoms with Crippen LogP contribution >= 0.6 is 0 Å². The smallest absolute Gasteiger partial charge is 0.303 e. The van der Waals surface area contributed by atoms with Gasteiger partial charge in [-0.3, -0.25) is 9.59 Å². The van der Waals surface area contributed by atoms with Gasteiger partial charge in [0.05, 0.1) is 11.6 Å². The zero-order valence-corrected chi connectivity index (χ0v) is 18.3. The van der Waals surface area contributed by atoms with Gasteiger partial charge in [-0.05, 0) is 41.7 Å². The van der Waals surface area contributed by atoms with Crippen LogP contribution in [0.4, 0.5) is 5.69 Å². The normalized spacial score (nSPS) is 11.5. The molecule has 3 aromatic carbocycles. The molecule has 2 N–H and O–H groups in total. The summed E-state index contributed by atoms with van der Waals surface area (Å²) >= 11 is 0. The van der Waals surface area contributed by atoms with Crippen molar-refractivity contribution in [2.24, 2.45) is 0 Å². The lowest BCUT2D eigenvalue weighted by Crippen LogP contribution is -2.21. The zero-order chi connectivity index (χ0) is 22.8. The van der Waals surface area contributed by atoms with Crippen LogP contribution in [0.15, 0.2) is 78.9 Å². The maximum Gasteiger partial charge on any atom is 0.303 e. The molecular weight excluding hydrogens is 402 g/mol. The number of carboxylic acids is 1. The molecule has 3 aromatic rings. The Labute approximate surface area is 189 Å². The summed E-state index contributed by atoms with van der Waals surface area (Å²) in [5, 5.41) is 11.9. The van der Waals surface area contributed by atoms with Gasteiger partial charge in [0.2, 0.25) is 5.91 Å². The summed E-state index contributed by atoms with van der Waals surface area (Å²) in [5.74, 6) is -0.451. The average molecular weight is 432 g/mol. The van der Waals surface area contributed by atoms with Crippen molar-refractivity contribution in [3.8, 4) is 5.75 Å². The molecule has 0 heterocycles. The van der Waals surface area contributed by atoms with E-state index in [1.54, 1.807) is 0 Å². The number of para-hydroxylation sites is 2. The minimum Gasteiger partial charge on any atom is -0.487 e. The third kappa shape index (κ3) is 6.71. The highest BCUT2D eigenvalue weighted by atomic mass is 16.5. The highest BCUT2D eigenvalue weighted by Gasteiger charge is 2.20. The largest absolute Gasteiger partial charge is 0.487 e. The van der Waals surface area contributed by atoms with Gasteiger partial charge in [-0.2, -0.15) is 0 Å². The Morgan fingerprint density at radius 1 is 0.906 bits per heavy atom. The van der Waals surface area contributed by atoms with Crippen molar-refractivity contribution in [2.75, 3.05) is 5.32 Å². The van der Waals surface area contributed by atoms with E-state index in [0.29, 0.717) is 24.5 Å². The van der Waals surface area contributed by atoms with Crippen molar-refractivity contribution >= 4 is 17.6 Å². The number of nitrogens with one attached hydrogen (secondary N) is 1. The number of hydrogen-bond donors (Lipinski definition) is 2. The molecule has 1 amide bonds. The molecule has 0 aliphatic rings. The van der Waals surface area contributed by atoms with E-state index in [9.17, 15) is 9.59 Å². The molecular formula is C27H29NO4. The van der Waals surface area contributed by atoms with Crippen LogP contribution in [0.25, 0.3) is 0 Å². The third-order valence-corrected chi connectivity index (χ3v) is 5.29. The number of rotatable bonds is 11. The van der Waals surface area contributed by atoms with Crippen LogP contribution in [0.5, 0.6) is 5.75 Å². The Hall–Kier alpha value is -3.60. The molecule has 0 aliphatic heterocycles. The molecule has 0 bridgehead atoms. The van der Waals surface area contributed by atoms with Crippen LogP contribution in [0.1, 0.15) is 48.8 Å². The highest BCUT2D eigenvalue weighted by Crippen LogP contribution is 2.28. The maximum atomic E-state index is 13.1. The molecule has 3 rings (SSSR count). The van der Waals surface area contributed by atoms with E-state index < -0.39 is 5.97 Å². The Bertz CT molecular complexity index is 1020. The Morgan fingerprint density at radius 3 is 2.25 bits per heavy atom. The topological polar surface area (TPSA) is 75.6 Å². The zero-order valence-electron chi connectivity index (χ0n) is 18.3. The minimum absolute atomic E-state index is 0.0446. The lowest BCUT2D eigenvalue weighted by atomic mass is 9.93. The van der Waals surface area contributed by atoms with Gasteiger partial charge in [0, 0.05) is 6.42 Å². The van der Waals surface area contributed by atoms with Gasteiger partial charge >= 0.3 is 5.97 Å². The van der Waals surface area contributed by atoms with Gasteiger partial charge in [0.25, 0.3) is 0 Å². The molecule has 0 aliphatic carbocycles. The monoisotopic (exact) mass is 431 g/mol. The first-order valence-corrected chi connectivity index (χ1v) is 10.9. The average Bonchev–Trinajstić information content (AvgIpc) is 2.81. The summed E-state index contributed by atoms with van der Waals surface area (Å²) in [6.07, 6.45) is 2.30. The Balaban J connectivity index is 1.65. The van der Waals surface area contributed by atoms with Crippen LogP contribution < -0.4 is 10.1 Å². The van der Waals surface area contributed by atoms with E-state index in [2.05, 4.69) is 12.2 Å². The van der Waals surface area contributed by atoms with Crippen LogP contribution in [-0.4, -0.2) is 17.0 Å². The van der Waals surface area contributed by atoms with Crippen LogP contribution in [-0.2, 0) is 22.6 Å². The fourth-order valence-corrected chi connectivity index (χ4v) is 3.55. The maximum absolute atomic E-state index is 13.1. The molecule has 32 heavy (non-hydrogen) atoms. The van der Waals surface area contributed by atoms with E-state index in [4.69, 9.17) is 9.84 Å². The molecule has 1 unspecified atom stereocenters. The molecule has 0 fully saturated rings. The molecule has 0 saturated carbocycles. The van der Waals surface area contributed by atoms with E-state index in [1.807, 2.05) is 78.9 Å².